The van der Waals surface area contributed by atoms with Crippen LogP contribution in [-0.4, -0.2) is 23.7 Å². The number of hydrogen-bond donors (Lipinski definition) is 3. The highest BCUT2D eigenvalue weighted by molar-refractivity contribution is 5.73. The molecule has 3 N–H and O–H groups in total. The van der Waals surface area contributed by atoms with Crippen molar-refractivity contribution in [1.29, 1.82) is 0 Å². The van der Waals surface area contributed by atoms with Crippen LogP contribution in [0.5, 0.6) is 0 Å². The first kappa shape index (κ1) is 9.48. The summed E-state index contributed by atoms with van der Waals surface area (Å²) >= 11 is 0. The van der Waals surface area contributed by atoms with Crippen LogP contribution in [0.2, 0.25) is 0 Å². The Morgan fingerprint density at radius 2 is 2.00 bits per heavy atom. The summed E-state index contributed by atoms with van der Waals surface area (Å²) in [5.41, 5.74) is 5.74. The van der Waals surface area contributed by atoms with E-state index in [1.807, 2.05) is 0 Å². The molecule has 0 bridgehead atoms. The molecular formula is C8H16N2O2. The molecule has 0 aromatic rings. The first-order valence-electron chi connectivity index (χ1n) is 4.52. The van der Waals surface area contributed by atoms with E-state index in [9.17, 15) is 4.79 Å². The third-order valence-electron chi connectivity index (χ3n) is 2.12. The summed E-state index contributed by atoms with van der Waals surface area (Å²) < 4.78 is 0. The van der Waals surface area contributed by atoms with E-state index < -0.39 is 12.0 Å². The van der Waals surface area contributed by atoms with Crippen LogP contribution in [0.4, 0.5) is 0 Å². The lowest BCUT2D eigenvalue weighted by Crippen LogP contribution is -2.45. The molecule has 0 saturated carbocycles. The zero-order valence-electron chi connectivity index (χ0n) is 7.18. The number of hydrogen-bond acceptors (Lipinski definition) is 3. The molecule has 70 valence electrons. The second-order valence-electron chi connectivity index (χ2n) is 3.16. The maximum absolute atomic E-state index is 10.6. The molecule has 1 aliphatic heterocycles. The highest BCUT2D eigenvalue weighted by Gasteiger charge is 2.16. The lowest BCUT2D eigenvalue weighted by Gasteiger charge is -2.12. The fourth-order valence-corrected chi connectivity index (χ4v) is 1.37. The topological polar surface area (TPSA) is 61.4 Å². The van der Waals surface area contributed by atoms with Gasteiger partial charge in [0.15, 0.2) is 0 Å². The van der Waals surface area contributed by atoms with Gasteiger partial charge in [0.05, 0.1) is 0 Å². The Morgan fingerprint density at radius 1 is 1.25 bits per heavy atom. The number of aliphatic carboxylic acids is 1. The van der Waals surface area contributed by atoms with Gasteiger partial charge in [-0.2, -0.15) is 0 Å². The van der Waals surface area contributed by atoms with Gasteiger partial charge in [-0.05, 0) is 12.8 Å². The van der Waals surface area contributed by atoms with Crippen molar-refractivity contribution in [2.75, 3.05) is 6.54 Å². The molecule has 0 amide bonds. The van der Waals surface area contributed by atoms with E-state index in [0.717, 1.165) is 32.2 Å². The molecule has 0 radical (unpaired) electrons. The fourth-order valence-electron chi connectivity index (χ4n) is 1.37. The Hall–Kier alpha value is -0.610. The Labute approximate surface area is 72.3 Å². The zero-order valence-corrected chi connectivity index (χ0v) is 7.18. The van der Waals surface area contributed by atoms with E-state index in [4.69, 9.17) is 5.11 Å². The number of carbonyl (C=O) groups is 1. The van der Waals surface area contributed by atoms with Crippen LogP contribution in [0.1, 0.15) is 32.1 Å². The van der Waals surface area contributed by atoms with Gasteiger partial charge in [-0.15, -0.1) is 0 Å². The van der Waals surface area contributed by atoms with Crippen LogP contribution >= 0.6 is 0 Å². The number of hydrazine groups is 1. The van der Waals surface area contributed by atoms with Gasteiger partial charge in [-0.25, -0.2) is 5.43 Å². The summed E-state index contributed by atoms with van der Waals surface area (Å²) in [5, 5.41) is 8.74. The van der Waals surface area contributed by atoms with Crippen LogP contribution in [0.25, 0.3) is 0 Å². The highest BCUT2D eigenvalue weighted by atomic mass is 16.4. The normalized spacial score (nSPS) is 26.8. The standard InChI is InChI=1S/C8H16N2O2/c11-8(12)7-5-3-1-2-4-6-9-10-7/h7,9-10H,1-6H2,(H,11,12). The Kier molecular flexibility index (Phi) is 4.04. The molecule has 4 heteroatoms. The van der Waals surface area contributed by atoms with Crippen LogP contribution in [0.15, 0.2) is 0 Å². The molecule has 0 spiro atoms. The van der Waals surface area contributed by atoms with E-state index in [1.165, 1.54) is 6.42 Å². The summed E-state index contributed by atoms with van der Waals surface area (Å²) in [7, 11) is 0. The molecule has 0 aromatic heterocycles. The van der Waals surface area contributed by atoms with Crippen molar-refractivity contribution in [2.24, 2.45) is 0 Å². The quantitative estimate of drug-likeness (QED) is 0.539. The van der Waals surface area contributed by atoms with Gasteiger partial charge in [0.1, 0.15) is 6.04 Å². The molecule has 12 heavy (non-hydrogen) atoms. The number of rotatable bonds is 1. The third-order valence-corrected chi connectivity index (χ3v) is 2.12. The third kappa shape index (κ3) is 3.19. The van der Waals surface area contributed by atoms with Crippen LogP contribution in [0.3, 0.4) is 0 Å². The summed E-state index contributed by atoms with van der Waals surface area (Å²) in [6, 6.07) is -0.414. The predicted molar refractivity (Wildman–Crippen MR) is 45.6 cm³/mol. The molecule has 0 aromatic carbocycles. The lowest BCUT2D eigenvalue weighted by atomic mass is 10.1. The molecule has 1 unspecified atom stereocenters. The van der Waals surface area contributed by atoms with Crippen LogP contribution in [0, 0.1) is 0 Å². The lowest BCUT2D eigenvalue weighted by molar-refractivity contribution is -0.140. The van der Waals surface area contributed by atoms with Crippen molar-refractivity contribution in [3.05, 3.63) is 0 Å². The van der Waals surface area contributed by atoms with Gasteiger partial charge >= 0.3 is 5.97 Å². The molecule has 1 aliphatic rings. The smallest absolute Gasteiger partial charge is 0.322 e. The van der Waals surface area contributed by atoms with Crippen molar-refractivity contribution in [3.8, 4) is 0 Å². The summed E-state index contributed by atoms with van der Waals surface area (Å²) in [4.78, 5) is 10.6. The highest BCUT2D eigenvalue weighted by Crippen LogP contribution is 2.06. The predicted octanol–water partition coefficient (Wildman–Crippen LogP) is 0.498. The summed E-state index contributed by atoms with van der Waals surface area (Å²) in [6.07, 6.45) is 5.20. The SMILES string of the molecule is O=C(O)C1CCCCCCNN1. The number of nitrogens with one attached hydrogen (secondary N) is 2. The second-order valence-corrected chi connectivity index (χ2v) is 3.16. The first-order valence-corrected chi connectivity index (χ1v) is 4.52. The first-order chi connectivity index (χ1) is 5.80. The molecule has 1 atom stereocenters. The molecule has 4 nitrogen and oxygen atoms in total. The molecule has 1 rings (SSSR count). The number of carboxylic acid groups (broad SMARTS) is 1. The minimum atomic E-state index is -0.760. The van der Waals surface area contributed by atoms with Gasteiger partial charge in [-0.1, -0.05) is 19.3 Å². The minimum absolute atomic E-state index is 0.414. The maximum Gasteiger partial charge on any atom is 0.322 e. The van der Waals surface area contributed by atoms with Crippen LogP contribution < -0.4 is 10.9 Å². The molecular weight excluding hydrogens is 156 g/mol. The summed E-state index contributed by atoms with van der Waals surface area (Å²) in [5.74, 6) is -0.760. The largest absolute Gasteiger partial charge is 0.480 e. The van der Waals surface area contributed by atoms with Gasteiger partial charge in [0.2, 0.25) is 0 Å². The average molecular weight is 172 g/mol. The molecule has 1 heterocycles. The van der Waals surface area contributed by atoms with Gasteiger partial charge < -0.3 is 5.11 Å². The van der Waals surface area contributed by atoms with E-state index in [0.29, 0.717) is 0 Å². The zero-order chi connectivity index (χ0) is 8.81. The minimum Gasteiger partial charge on any atom is -0.480 e. The average Bonchev–Trinajstić information content (AvgIpc) is 2.15. The van der Waals surface area contributed by atoms with Crippen molar-refractivity contribution >= 4 is 5.97 Å². The molecule has 1 fully saturated rings. The van der Waals surface area contributed by atoms with Gasteiger partial charge in [-0.3, -0.25) is 10.2 Å². The van der Waals surface area contributed by atoms with Crippen LogP contribution in [-0.2, 0) is 4.79 Å². The van der Waals surface area contributed by atoms with Gasteiger partial charge in [0.25, 0.3) is 0 Å². The fraction of sp³-hybridized carbons (Fsp3) is 0.875. The number of carboxylic acids is 1. The van der Waals surface area contributed by atoms with E-state index >= 15 is 0 Å². The Morgan fingerprint density at radius 3 is 2.75 bits per heavy atom. The van der Waals surface area contributed by atoms with Crippen molar-refractivity contribution in [2.45, 2.75) is 38.1 Å². The summed E-state index contributed by atoms with van der Waals surface area (Å²) in [6.45, 7) is 0.865. The Bertz CT molecular complexity index is 140. The Balaban J connectivity index is 2.33. The van der Waals surface area contributed by atoms with Crippen molar-refractivity contribution in [3.63, 3.8) is 0 Å². The van der Waals surface area contributed by atoms with E-state index in [2.05, 4.69) is 10.9 Å². The second kappa shape index (κ2) is 5.11. The van der Waals surface area contributed by atoms with E-state index in [-0.39, 0.29) is 0 Å². The van der Waals surface area contributed by atoms with Crippen molar-refractivity contribution < 1.29 is 9.90 Å². The van der Waals surface area contributed by atoms with Gasteiger partial charge in [0, 0.05) is 6.54 Å². The molecule has 1 saturated heterocycles. The van der Waals surface area contributed by atoms with E-state index in [1.54, 1.807) is 0 Å². The monoisotopic (exact) mass is 172 g/mol. The van der Waals surface area contributed by atoms with Crippen molar-refractivity contribution in [1.82, 2.24) is 10.9 Å². The molecule has 0 aliphatic carbocycles. The maximum atomic E-state index is 10.6.